The van der Waals surface area contributed by atoms with Gasteiger partial charge in [-0.15, -0.1) is 0 Å². The summed E-state index contributed by atoms with van der Waals surface area (Å²) in [4.78, 5) is 10.3. The molecule has 2 N–H and O–H groups in total. The van der Waals surface area contributed by atoms with Crippen LogP contribution in [0.2, 0.25) is 0 Å². The fraction of sp³-hybridized carbons (Fsp3) is 0.929. The highest BCUT2D eigenvalue weighted by atomic mass is 16.4. The average molecular weight is 244 g/mol. The lowest BCUT2D eigenvalue weighted by Gasteiger charge is -2.09. The third-order valence-electron chi connectivity index (χ3n) is 3.07. The Bertz CT molecular complexity index is 180. The third kappa shape index (κ3) is 13.4. The maximum Gasteiger partial charge on any atom is 0.303 e. The quantitative estimate of drug-likeness (QED) is 0.514. The number of hydrogen-bond acceptors (Lipinski definition) is 2. The molecule has 0 saturated carbocycles. The summed E-state index contributed by atoms with van der Waals surface area (Å²) in [5.74, 6) is -0.698. The molecule has 0 aromatic carbocycles. The van der Waals surface area contributed by atoms with E-state index in [-0.39, 0.29) is 6.10 Å². The molecule has 3 nitrogen and oxygen atoms in total. The molecule has 0 bridgehead atoms. The van der Waals surface area contributed by atoms with Crippen molar-refractivity contribution in [3.63, 3.8) is 0 Å². The van der Waals surface area contributed by atoms with Crippen LogP contribution in [0.5, 0.6) is 0 Å². The van der Waals surface area contributed by atoms with Crippen LogP contribution in [0, 0.1) is 0 Å². The Labute approximate surface area is 105 Å². The van der Waals surface area contributed by atoms with E-state index in [0.717, 1.165) is 51.4 Å². The lowest BCUT2D eigenvalue weighted by molar-refractivity contribution is -0.137. The summed E-state index contributed by atoms with van der Waals surface area (Å²) in [5.41, 5.74) is 0. The molecule has 0 amide bonds. The highest BCUT2D eigenvalue weighted by molar-refractivity contribution is 5.66. The molecule has 0 radical (unpaired) electrons. The van der Waals surface area contributed by atoms with Crippen molar-refractivity contribution >= 4 is 5.97 Å². The Hall–Kier alpha value is -0.570. The summed E-state index contributed by atoms with van der Waals surface area (Å²) in [7, 11) is 0. The molecule has 0 saturated heterocycles. The van der Waals surface area contributed by atoms with E-state index in [2.05, 4.69) is 6.92 Å². The number of unbranched alkanes of at least 4 members (excludes halogenated alkanes) is 6. The molecule has 0 aliphatic rings. The molecular weight excluding hydrogens is 216 g/mol. The van der Waals surface area contributed by atoms with Crippen LogP contribution in [0.25, 0.3) is 0 Å². The first-order chi connectivity index (χ1) is 8.16. The van der Waals surface area contributed by atoms with Crippen molar-refractivity contribution in [2.24, 2.45) is 0 Å². The number of hydrogen-bond donors (Lipinski definition) is 2. The Morgan fingerprint density at radius 2 is 1.47 bits per heavy atom. The second-order valence-corrected chi connectivity index (χ2v) is 4.85. The number of aliphatic carboxylic acids is 1. The molecule has 0 aromatic heterocycles. The van der Waals surface area contributed by atoms with E-state index in [1.165, 1.54) is 12.8 Å². The van der Waals surface area contributed by atoms with Gasteiger partial charge in [0.2, 0.25) is 0 Å². The lowest BCUT2D eigenvalue weighted by Crippen LogP contribution is -2.05. The summed E-state index contributed by atoms with van der Waals surface area (Å²) in [6, 6.07) is 0. The number of aliphatic hydroxyl groups is 1. The zero-order valence-corrected chi connectivity index (χ0v) is 11.2. The molecule has 0 aromatic rings. The van der Waals surface area contributed by atoms with Gasteiger partial charge in [0.15, 0.2) is 0 Å². The highest BCUT2D eigenvalue weighted by Crippen LogP contribution is 2.12. The van der Waals surface area contributed by atoms with Gasteiger partial charge in [-0.25, -0.2) is 0 Å². The van der Waals surface area contributed by atoms with E-state index >= 15 is 0 Å². The minimum absolute atomic E-state index is 0.124. The van der Waals surface area contributed by atoms with E-state index in [4.69, 9.17) is 5.11 Å². The zero-order valence-electron chi connectivity index (χ0n) is 11.2. The predicted molar refractivity (Wildman–Crippen MR) is 70.1 cm³/mol. The summed E-state index contributed by atoms with van der Waals surface area (Å²) >= 11 is 0. The Balaban J connectivity index is 3.13. The minimum atomic E-state index is -0.698. The maximum atomic E-state index is 10.3. The number of aliphatic hydroxyl groups excluding tert-OH is 1. The van der Waals surface area contributed by atoms with Gasteiger partial charge >= 0.3 is 5.97 Å². The van der Waals surface area contributed by atoms with Crippen LogP contribution >= 0.6 is 0 Å². The monoisotopic (exact) mass is 244 g/mol. The highest BCUT2D eigenvalue weighted by Gasteiger charge is 2.03. The molecule has 0 fully saturated rings. The van der Waals surface area contributed by atoms with Gasteiger partial charge in [-0.05, 0) is 19.3 Å². The first-order valence-corrected chi connectivity index (χ1v) is 7.06. The Morgan fingerprint density at radius 3 is 2.06 bits per heavy atom. The molecule has 17 heavy (non-hydrogen) atoms. The molecule has 0 rings (SSSR count). The van der Waals surface area contributed by atoms with E-state index in [1.807, 2.05) is 0 Å². The van der Waals surface area contributed by atoms with Gasteiger partial charge in [-0.3, -0.25) is 4.79 Å². The summed E-state index contributed by atoms with van der Waals surface area (Å²) in [5, 5.41) is 18.1. The van der Waals surface area contributed by atoms with E-state index in [0.29, 0.717) is 6.42 Å². The van der Waals surface area contributed by atoms with Crippen LogP contribution in [0.1, 0.15) is 77.6 Å². The molecule has 0 aliphatic carbocycles. The van der Waals surface area contributed by atoms with Crippen molar-refractivity contribution in [2.45, 2.75) is 83.7 Å². The van der Waals surface area contributed by atoms with Gasteiger partial charge in [-0.2, -0.15) is 0 Å². The first kappa shape index (κ1) is 16.4. The van der Waals surface area contributed by atoms with Gasteiger partial charge in [0.05, 0.1) is 6.10 Å². The minimum Gasteiger partial charge on any atom is -0.481 e. The molecular formula is C14H28O3. The van der Waals surface area contributed by atoms with Crippen LogP contribution in [0.4, 0.5) is 0 Å². The Kier molecular flexibility index (Phi) is 11.5. The second-order valence-electron chi connectivity index (χ2n) is 4.85. The number of rotatable bonds is 12. The van der Waals surface area contributed by atoms with Crippen LogP contribution in [0.3, 0.4) is 0 Å². The third-order valence-corrected chi connectivity index (χ3v) is 3.07. The molecule has 0 heterocycles. The van der Waals surface area contributed by atoms with Crippen LogP contribution in [-0.4, -0.2) is 22.3 Å². The molecule has 0 aliphatic heterocycles. The number of carboxylic acids is 1. The van der Waals surface area contributed by atoms with Gasteiger partial charge in [0.1, 0.15) is 0 Å². The van der Waals surface area contributed by atoms with Gasteiger partial charge in [0, 0.05) is 6.42 Å². The lowest BCUT2D eigenvalue weighted by atomic mass is 10.0. The maximum absolute atomic E-state index is 10.3. The summed E-state index contributed by atoms with van der Waals surface area (Å²) in [6.07, 6.45) is 10.6. The molecule has 3 heteroatoms. The molecule has 0 unspecified atom stereocenters. The van der Waals surface area contributed by atoms with Crippen LogP contribution in [-0.2, 0) is 4.79 Å². The standard InChI is InChI=1S/C14H28O3/c1-2-3-7-10-13(15)11-8-5-4-6-9-12-14(16)17/h13,15H,2-12H2,1H3,(H,16,17)/t13-/m1/s1. The van der Waals surface area contributed by atoms with E-state index < -0.39 is 5.97 Å². The summed E-state index contributed by atoms with van der Waals surface area (Å²) < 4.78 is 0. The van der Waals surface area contributed by atoms with Gasteiger partial charge in [0.25, 0.3) is 0 Å². The van der Waals surface area contributed by atoms with E-state index in [1.54, 1.807) is 0 Å². The van der Waals surface area contributed by atoms with Crippen molar-refractivity contribution in [1.82, 2.24) is 0 Å². The predicted octanol–water partition coefficient (Wildman–Crippen LogP) is 3.74. The van der Waals surface area contributed by atoms with Crippen molar-refractivity contribution in [2.75, 3.05) is 0 Å². The number of carbonyl (C=O) groups is 1. The van der Waals surface area contributed by atoms with Crippen molar-refractivity contribution < 1.29 is 15.0 Å². The first-order valence-electron chi connectivity index (χ1n) is 7.06. The van der Waals surface area contributed by atoms with Crippen LogP contribution < -0.4 is 0 Å². The Morgan fingerprint density at radius 1 is 0.941 bits per heavy atom. The van der Waals surface area contributed by atoms with Crippen molar-refractivity contribution in [3.8, 4) is 0 Å². The van der Waals surface area contributed by atoms with Gasteiger partial charge in [-0.1, -0.05) is 51.9 Å². The topological polar surface area (TPSA) is 57.5 Å². The summed E-state index contributed by atoms with van der Waals surface area (Å²) in [6.45, 7) is 2.17. The molecule has 0 spiro atoms. The van der Waals surface area contributed by atoms with E-state index in [9.17, 15) is 9.90 Å². The zero-order chi connectivity index (χ0) is 12.9. The largest absolute Gasteiger partial charge is 0.481 e. The van der Waals surface area contributed by atoms with Crippen molar-refractivity contribution in [3.05, 3.63) is 0 Å². The van der Waals surface area contributed by atoms with Crippen LogP contribution in [0.15, 0.2) is 0 Å². The second kappa shape index (κ2) is 11.9. The normalized spacial score (nSPS) is 12.6. The SMILES string of the molecule is CCCCC[C@@H](O)CCCCCCCC(=O)O. The fourth-order valence-corrected chi connectivity index (χ4v) is 1.96. The fourth-order valence-electron chi connectivity index (χ4n) is 1.96. The molecule has 1 atom stereocenters. The van der Waals surface area contributed by atoms with Crippen molar-refractivity contribution in [1.29, 1.82) is 0 Å². The molecule has 102 valence electrons. The number of carboxylic acid groups (broad SMARTS) is 1. The van der Waals surface area contributed by atoms with Gasteiger partial charge < -0.3 is 10.2 Å². The average Bonchev–Trinajstić information content (AvgIpc) is 2.28. The smallest absolute Gasteiger partial charge is 0.303 e.